The van der Waals surface area contributed by atoms with Gasteiger partial charge in [0.05, 0.1) is 4.47 Å². The summed E-state index contributed by atoms with van der Waals surface area (Å²) in [5.74, 6) is 0.676. The lowest BCUT2D eigenvalue weighted by molar-refractivity contribution is 0.254. The summed E-state index contributed by atoms with van der Waals surface area (Å²) in [6.45, 7) is 6.32. The summed E-state index contributed by atoms with van der Waals surface area (Å²) >= 11 is 3.31. The topological polar surface area (TPSA) is 41.0 Å². The summed E-state index contributed by atoms with van der Waals surface area (Å²) in [6.07, 6.45) is 3.49. The van der Waals surface area contributed by atoms with Gasteiger partial charge in [0.1, 0.15) is 0 Å². The van der Waals surface area contributed by atoms with Crippen LogP contribution in [0.25, 0.3) is 0 Å². The van der Waals surface area contributed by atoms with E-state index in [0.29, 0.717) is 5.95 Å². The van der Waals surface area contributed by atoms with Crippen molar-refractivity contribution in [2.45, 2.75) is 13.8 Å². The zero-order chi connectivity index (χ0) is 12.2. The number of anilines is 1. The molecule has 0 spiro atoms. The normalized spacial score (nSPS) is 11.9. The van der Waals surface area contributed by atoms with E-state index in [9.17, 15) is 0 Å². The molecule has 0 saturated carbocycles. The Hall–Kier alpha value is -0.680. The molecule has 0 aliphatic carbocycles. The highest BCUT2D eigenvalue weighted by molar-refractivity contribution is 9.10. The molecule has 0 radical (unpaired) electrons. The largest absolute Gasteiger partial charge is 0.354 e. The van der Waals surface area contributed by atoms with E-state index in [1.165, 1.54) is 0 Å². The molecule has 5 heteroatoms. The van der Waals surface area contributed by atoms with E-state index in [4.69, 9.17) is 0 Å². The third-order valence-electron chi connectivity index (χ3n) is 2.09. The van der Waals surface area contributed by atoms with E-state index in [1.807, 2.05) is 0 Å². The molecule has 0 aliphatic rings. The van der Waals surface area contributed by atoms with Crippen LogP contribution in [0.5, 0.6) is 0 Å². The van der Waals surface area contributed by atoms with E-state index in [0.717, 1.165) is 17.6 Å². The first kappa shape index (κ1) is 13.4. The SMILES string of the molecule is CN(C)CC(C)(C)CNc1ncc(Br)cn1. The quantitative estimate of drug-likeness (QED) is 0.901. The molecule has 0 aliphatic heterocycles. The number of aromatic nitrogens is 2. The van der Waals surface area contributed by atoms with Crippen LogP contribution in [0.2, 0.25) is 0 Å². The van der Waals surface area contributed by atoms with Crippen molar-refractivity contribution < 1.29 is 0 Å². The number of hydrogen-bond acceptors (Lipinski definition) is 4. The summed E-state index contributed by atoms with van der Waals surface area (Å²) < 4.78 is 0.894. The van der Waals surface area contributed by atoms with Crippen LogP contribution in [0.15, 0.2) is 16.9 Å². The zero-order valence-corrected chi connectivity index (χ0v) is 11.9. The molecule has 1 aromatic rings. The fraction of sp³-hybridized carbons (Fsp3) is 0.636. The molecule has 1 rings (SSSR count). The molecular formula is C11H19BrN4. The molecule has 90 valence electrons. The van der Waals surface area contributed by atoms with Crippen molar-refractivity contribution in [3.05, 3.63) is 16.9 Å². The second kappa shape index (κ2) is 5.59. The summed E-state index contributed by atoms with van der Waals surface area (Å²) in [7, 11) is 4.16. The summed E-state index contributed by atoms with van der Waals surface area (Å²) in [4.78, 5) is 10.5. The first-order valence-electron chi connectivity index (χ1n) is 5.25. The van der Waals surface area contributed by atoms with Gasteiger partial charge in [0.15, 0.2) is 0 Å². The lowest BCUT2D eigenvalue weighted by atomic mass is 9.93. The predicted molar refractivity (Wildman–Crippen MR) is 70.6 cm³/mol. The standard InChI is InChI=1S/C11H19BrN4/c1-11(2,8-16(3)4)7-15-10-13-5-9(12)6-14-10/h5-6H,7-8H2,1-4H3,(H,13,14,15). The van der Waals surface area contributed by atoms with E-state index in [-0.39, 0.29) is 5.41 Å². The van der Waals surface area contributed by atoms with Gasteiger partial charge in [-0.15, -0.1) is 0 Å². The molecule has 0 unspecified atom stereocenters. The summed E-state index contributed by atoms with van der Waals surface area (Å²) in [6, 6.07) is 0. The molecule has 4 nitrogen and oxygen atoms in total. The van der Waals surface area contributed by atoms with E-state index < -0.39 is 0 Å². The van der Waals surface area contributed by atoms with Crippen LogP contribution in [-0.4, -0.2) is 42.1 Å². The number of nitrogens with zero attached hydrogens (tertiary/aromatic N) is 3. The molecule has 0 aromatic carbocycles. The van der Waals surface area contributed by atoms with Gasteiger partial charge in [-0.3, -0.25) is 0 Å². The summed E-state index contributed by atoms with van der Waals surface area (Å²) in [5, 5.41) is 3.25. The van der Waals surface area contributed by atoms with Gasteiger partial charge in [0, 0.05) is 25.5 Å². The molecule has 1 N–H and O–H groups in total. The van der Waals surface area contributed by atoms with Crippen LogP contribution < -0.4 is 5.32 Å². The maximum absolute atomic E-state index is 4.18. The van der Waals surface area contributed by atoms with Gasteiger partial charge in [-0.25, -0.2) is 9.97 Å². The van der Waals surface area contributed by atoms with Crippen molar-refractivity contribution in [3.8, 4) is 0 Å². The van der Waals surface area contributed by atoms with Gasteiger partial charge >= 0.3 is 0 Å². The average Bonchev–Trinajstić information content (AvgIpc) is 2.15. The second-order valence-electron chi connectivity index (χ2n) is 4.98. The monoisotopic (exact) mass is 286 g/mol. The first-order valence-corrected chi connectivity index (χ1v) is 6.04. The fourth-order valence-electron chi connectivity index (χ4n) is 1.63. The Morgan fingerprint density at radius 1 is 1.31 bits per heavy atom. The fourth-order valence-corrected chi connectivity index (χ4v) is 1.84. The van der Waals surface area contributed by atoms with Crippen molar-refractivity contribution in [3.63, 3.8) is 0 Å². The Bertz CT molecular complexity index is 321. The molecule has 0 amide bonds. The maximum atomic E-state index is 4.18. The Balaban J connectivity index is 2.47. The predicted octanol–water partition coefficient (Wildman–Crippen LogP) is 2.24. The van der Waals surface area contributed by atoms with Crippen molar-refractivity contribution >= 4 is 21.9 Å². The highest BCUT2D eigenvalue weighted by Gasteiger charge is 2.18. The lowest BCUT2D eigenvalue weighted by Gasteiger charge is -2.28. The Morgan fingerprint density at radius 2 is 1.88 bits per heavy atom. The van der Waals surface area contributed by atoms with Gasteiger partial charge in [-0.1, -0.05) is 13.8 Å². The van der Waals surface area contributed by atoms with Crippen molar-refractivity contribution in [2.24, 2.45) is 5.41 Å². The van der Waals surface area contributed by atoms with Gasteiger partial charge in [0.25, 0.3) is 0 Å². The number of rotatable bonds is 5. The van der Waals surface area contributed by atoms with Crippen LogP contribution in [0, 0.1) is 5.41 Å². The Kier molecular flexibility index (Phi) is 4.68. The highest BCUT2D eigenvalue weighted by atomic mass is 79.9. The van der Waals surface area contributed by atoms with Crippen LogP contribution >= 0.6 is 15.9 Å². The van der Waals surface area contributed by atoms with Crippen LogP contribution in [0.3, 0.4) is 0 Å². The van der Waals surface area contributed by atoms with Gasteiger partial charge in [-0.2, -0.15) is 0 Å². The van der Waals surface area contributed by atoms with Gasteiger partial charge in [-0.05, 0) is 35.4 Å². The van der Waals surface area contributed by atoms with Crippen LogP contribution in [0.1, 0.15) is 13.8 Å². The molecule has 0 bridgehead atoms. The van der Waals surface area contributed by atoms with Gasteiger partial charge < -0.3 is 10.2 Å². The molecular weight excluding hydrogens is 268 g/mol. The lowest BCUT2D eigenvalue weighted by Crippen LogP contribution is -2.34. The maximum Gasteiger partial charge on any atom is 0.222 e. The van der Waals surface area contributed by atoms with E-state index in [2.05, 4.69) is 64.1 Å². The van der Waals surface area contributed by atoms with Crippen LogP contribution in [0.4, 0.5) is 5.95 Å². The summed E-state index contributed by atoms with van der Waals surface area (Å²) in [5.41, 5.74) is 0.194. The second-order valence-corrected chi connectivity index (χ2v) is 5.90. The third kappa shape index (κ3) is 4.90. The highest BCUT2D eigenvalue weighted by Crippen LogP contribution is 2.16. The zero-order valence-electron chi connectivity index (χ0n) is 10.3. The van der Waals surface area contributed by atoms with Crippen LogP contribution in [-0.2, 0) is 0 Å². The molecule has 0 atom stereocenters. The third-order valence-corrected chi connectivity index (χ3v) is 2.50. The molecule has 0 fully saturated rings. The van der Waals surface area contributed by atoms with Gasteiger partial charge in [0.2, 0.25) is 5.95 Å². The molecule has 1 aromatic heterocycles. The first-order chi connectivity index (χ1) is 7.39. The Labute approximate surface area is 106 Å². The minimum Gasteiger partial charge on any atom is -0.354 e. The van der Waals surface area contributed by atoms with Crippen molar-refractivity contribution in [2.75, 3.05) is 32.5 Å². The minimum absolute atomic E-state index is 0.194. The number of hydrogen-bond donors (Lipinski definition) is 1. The molecule has 16 heavy (non-hydrogen) atoms. The van der Waals surface area contributed by atoms with Crippen molar-refractivity contribution in [1.29, 1.82) is 0 Å². The minimum atomic E-state index is 0.194. The van der Waals surface area contributed by atoms with Crippen molar-refractivity contribution in [1.82, 2.24) is 14.9 Å². The number of nitrogens with one attached hydrogen (secondary N) is 1. The molecule has 1 heterocycles. The van der Waals surface area contributed by atoms with E-state index >= 15 is 0 Å². The Morgan fingerprint density at radius 3 is 2.38 bits per heavy atom. The van der Waals surface area contributed by atoms with E-state index in [1.54, 1.807) is 12.4 Å². The number of halogens is 1. The average molecular weight is 287 g/mol. The molecule has 0 saturated heterocycles. The smallest absolute Gasteiger partial charge is 0.222 e.